The number of hydrogen-bond acceptors (Lipinski definition) is 1. The lowest BCUT2D eigenvalue weighted by Gasteiger charge is -2.00. The normalized spacial score (nSPS) is 10.0. The fourth-order valence-electron chi connectivity index (χ4n) is 0.526. The van der Waals surface area contributed by atoms with Crippen molar-refractivity contribution in [2.24, 2.45) is 0 Å². The van der Waals surface area contributed by atoms with Crippen LogP contribution in [-0.4, -0.2) is 4.98 Å². The zero-order valence-electron chi connectivity index (χ0n) is 5.16. The van der Waals surface area contributed by atoms with Gasteiger partial charge in [-0.25, -0.2) is 4.98 Å². The van der Waals surface area contributed by atoms with Crippen molar-refractivity contribution in [3.05, 3.63) is 25.9 Å². The van der Waals surface area contributed by atoms with E-state index in [1.54, 1.807) is 6.20 Å². The Labute approximate surface area is 81.1 Å². The van der Waals surface area contributed by atoms with E-state index in [0.717, 1.165) is 10.0 Å². The number of nitrogens with zero attached hydrogens (tertiary/aromatic N) is 1. The van der Waals surface area contributed by atoms with Crippen LogP contribution >= 0.6 is 43.5 Å². The monoisotopic (exact) mass is 283 g/mol. The Morgan fingerprint density at radius 1 is 1.50 bits per heavy atom. The van der Waals surface area contributed by atoms with Crippen LogP contribution in [0.4, 0.5) is 0 Å². The Morgan fingerprint density at radius 2 is 2.10 bits per heavy atom. The molecule has 0 aliphatic carbocycles. The molecule has 1 aromatic heterocycles. The first kappa shape index (κ1) is 8.50. The van der Waals surface area contributed by atoms with E-state index in [-0.39, 0.29) is 0 Å². The number of rotatable bonds is 0. The third kappa shape index (κ3) is 1.52. The highest BCUT2D eigenvalue weighted by molar-refractivity contribution is 9.11. The maximum Gasteiger partial charge on any atom is 0.124 e. The SMILES string of the molecule is Cc1c(Br)cnc(Br)c1Cl. The number of halogens is 3. The summed E-state index contributed by atoms with van der Waals surface area (Å²) in [5.41, 5.74) is 1.00. The molecule has 0 N–H and O–H groups in total. The molecule has 0 fully saturated rings. The predicted molar refractivity (Wildman–Crippen MR) is 49.4 cm³/mol. The minimum atomic E-state index is 0.661. The molecule has 4 heteroatoms. The van der Waals surface area contributed by atoms with Gasteiger partial charge in [0.1, 0.15) is 4.60 Å². The highest BCUT2D eigenvalue weighted by Crippen LogP contribution is 2.28. The molecular formula is C6H4Br2ClN. The van der Waals surface area contributed by atoms with Gasteiger partial charge in [0, 0.05) is 10.7 Å². The summed E-state index contributed by atoms with van der Waals surface area (Å²) in [4.78, 5) is 3.98. The average Bonchev–Trinajstić information content (AvgIpc) is 1.93. The second kappa shape index (κ2) is 3.20. The number of pyridine rings is 1. The van der Waals surface area contributed by atoms with Gasteiger partial charge in [0.25, 0.3) is 0 Å². The van der Waals surface area contributed by atoms with Crippen LogP contribution in [0.15, 0.2) is 15.3 Å². The van der Waals surface area contributed by atoms with Crippen molar-refractivity contribution in [1.29, 1.82) is 0 Å². The van der Waals surface area contributed by atoms with E-state index in [2.05, 4.69) is 36.8 Å². The van der Waals surface area contributed by atoms with Crippen molar-refractivity contribution < 1.29 is 0 Å². The summed E-state index contributed by atoms with van der Waals surface area (Å²) in [6, 6.07) is 0. The van der Waals surface area contributed by atoms with Gasteiger partial charge in [0.2, 0.25) is 0 Å². The van der Waals surface area contributed by atoms with Crippen molar-refractivity contribution >= 4 is 43.5 Å². The molecular weight excluding hydrogens is 281 g/mol. The largest absolute Gasteiger partial charge is 0.247 e. The summed E-state index contributed by atoms with van der Waals surface area (Å²) < 4.78 is 1.62. The van der Waals surface area contributed by atoms with E-state index in [0.29, 0.717) is 9.63 Å². The predicted octanol–water partition coefficient (Wildman–Crippen LogP) is 3.57. The molecule has 0 saturated carbocycles. The molecule has 0 aliphatic heterocycles. The van der Waals surface area contributed by atoms with Gasteiger partial charge >= 0.3 is 0 Å². The molecule has 1 nitrogen and oxygen atoms in total. The van der Waals surface area contributed by atoms with E-state index in [4.69, 9.17) is 11.6 Å². The Morgan fingerprint density at radius 3 is 2.60 bits per heavy atom. The zero-order valence-corrected chi connectivity index (χ0v) is 9.09. The molecule has 1 rings (SSSR count). The molecule has 1 heterocycles. The van der Waals surface area contributed by atoms with Gasteiger partial charge in [-0.05, 0) is 44.3 Å². The first-order chi connectivity index (χ1) is 4.63. The highest BCUT2D eigenvalue weighted by Gasteiger charge is 2.03. The Bertz CT molecular complexity index is 235. The van der Waals surface area contributed by atoms with Crippen molar-refractivity contribution in [3.63, 3.8) is 0 Å². The third-order valence-electron chi connectivity index (χ3n) is 1.16. The van der Waals surface area contributed by atoms with E-state index in [1.165, 1.54) is 0 Å². The van der Waals surface area contributed by atoms with Crippen molar-refractivity contribution in [3.8, 4) is 0 Å². The lowest BCUT2D eigenvalue weighted by Crippen LogP contribution is -1.82. The molecule has 0 unspecified atom stereocenters. The molecule has 0 radical (unpaired) electrons. The van der Waals surface area contributed by atoms with Crippen molar-refractivity contribution in [2.75, 3.05) is 0 Å². The second-order valence-electron chi connectivity index (χ2n) is 1.84. The van der Waals surface area contributed by atoms with Crippen LogP contribution in [0.1, 0.15) is 5.56 Å². The van der Waals surface area contributed by atoms with Crippen LogP contribution in [0.3, 0.4) is 0 Å². The van der Waals surface area contributed by atoms with Gasteiger partial charge in [-0.15, -0.1) is 0 Å². The smallest absolute Gasteiger partial charge is 0.124 e. The molecule has 0 aromatic carbocycles. The summed E-state index contributed by atoms with van der Waals surface area (Å²) in [5.74, 6) is 0. The number of aromatic nitrogens is 1. The quantitative estimate of drug-likeness (QED) is 0.664. The van der Waals surface area contributed by atoms with Crippen LogP contribution in [0.25, 0.3) is 0 Å². The molecule has 0 bridgehead atoms. The fourth-order valence-corrected chi connectivity index (χ4v) is 1.49. The molecule has 0 aliphatic rings. The van der Waals surface area contributed by atoms with Crippen LogP contribution in [0.2, 0.25) is 5.02 Å². The lowest BCUT2D eigenvalue weighted by atomic mass is 10.3. The highest BCUT2D eigenvalue weighted by atomic mass is 79.9. The fraction of sp³-hybridized carbons (Fsp3) is 0.167. The first-order valence-corrected chi connectivity index (χ1v) is 4.55. The summed E-state index contributed by atoms with van der Waals surface area (Å²) in [5, 5.41) is 0.661. The standard InChI is InChI=1S/C6H4Br2ClN/c1-3-4(7)2-10-6(8)5(3)9/h2H,1H3. The first-order valence-electron chi connectivity index (χ1n) is 2.59. The van der Waals surface area contributed by atoms with E-state index >= 15 is 0 Å². The van der Waals surface area contributed by atoms with E-state index in [9.17, 15) is 0 Å². The molecule has 0 saturated heterocycles. The Balaban J connectivity index is 3.34. The summed E-state index contributed by atoms with van der Waals surface area (Å²) in [7, 11) is 0. The summed E-state index contributed by atoms with van der Waals surface area (Å²) in [6.07, 6.45) is 1.71. The summed E-state index contributed by atoms with van der Waals surface area (Å²) in [6.45, 7) is 1.93. The lowest BCUT2D eigenvalue weighted by molar-refractivity contribution is 1.22. The molecule has 0 spiro atoms. The van der Waals surface area contributed by atoms with Crippen molar-refractivity contribution in [2.45, 2.75) is 6.92 Å². The van der Waals surface area contributed by atoms with Crippen LogP contribution in [0.5, 0.6) is 0 Å². The molecule has 10 heavy (non-hydrogen) atoms. The van der Waals surface area contributed by atoms with Crippen LogP contribution in [0, 0.1) is 6.92 Å². The molecule has 0 atom stereocenters. The average molecular weight is 285 g/mol. The van der Waals surface area contributed by atoms with Gasteiger partial charge in [0.05, 0.1) is 5.02 Å². The van der Waals surface area contributed by atoms with Gasteiger partial charge in [-0.1, -0.05) is 11.6 Å². The Kier molecular flexibility index (Phi) is 2.72. The maximum atomic E-state index is 5.84. The third-order valence-corrected chi connectivity index (χ3v) is 3.25. The number of hydrogen-bond donors (Lipinski definition) is 0. The zero-order chi connectivity index (χ0) is 7.72. The van der Waals surface area contributed by atoms with Gasteiger partial charge in [0.15, 0.2) is 0 Å². The molecule has 1 aromatic rings. The van der Waals surface area contributed by atoms with Crippen molar-refractivity contribution in [1.82, 2.24) is 4.98 Å². The minimum Gasteiger partial charge on any atom is -0.247 e. The van der Waals surface area contributed by atoms with Crippen LogP contribution < -0.4 is 0 Å². The second-order valence-corrected chi connectivity index (χ2v) is 3.82. The topological polar surface area (TPSA) is 12.9 Å². The van der Waals surface area contributed by atoms with Gasteiger partial charge < -0.3 is 0 Å². The molecule has 54 valence electrons. The van der Waals surface area contributed by atoms with E-state index < -0.39 is 0 Å². The summed E-state index contributed by atoms with van der Waals surface area (Å²) >= 11 is 12.4. The van der Waals surface area contributed by atoms with E-state index in [1.807, 2.05) is 6.92 Å². The van der Waals surface area contributed by atoms with Gasteiger partial charge in [-0.2, -0.15) is 0 Å². The van der Waals surface area contributed by atoms with Crippen LogP contribution in [-0.2, 0) is 0 Å². The molecule has 0 amide bonds. The maximum absolute atomic E-state index is 5.84. The minimum absolute atomic E-state index is 0.661. The van der Waals surface area contributed by atoms with Gasteiger partial charge in [-0.3, -0.25) is 0 Å². The Hall–Kier alpha value is 0.400.